The fourth-order valence-electron chi connectivity index (χ4n) is 1.40. The monoisotopic (exact) mass is 209 g/mol. The van der Waals surface area contributed by atoms with E-state index in [1.807, 2.05) is 23.9 Å². The fraction of sp³-hybridized carbons (Fsp3) is 0.455. The van der Waals surface area contributed by atoms with Crippen LogP contribution in [0.5, 0.6) is 5.75 Å². The molecule has 0 radical (unpaired) electrons. The standard InChI is InChI=1S/C11H15NOS/c13-11-3-1-9(2-4-11)7-14-8-10-5-12-6-10/h1-4,10,12-13H,5-8H2. The Morgan fingerprint density at radius 1 is 1.29 bits per heavy atom. The van der Waals surface area contributed by atoms with Crippen molar-refractivity contribution in [1.82, 2.24) is 5.32 Å². The lowest BCUT2D eigenvalue weighted by Gasteiger charge is -2.26. The lowest BCUT2D eigenvalue weighted by atomic mass is 10.1. The van der Waals surface area contributed by atoms with Crippen molar-refractivity contribution in [2.75, 3.05) is 18.8 Å². The predicted octanol–water partition coefficient (Wildman–Crippen LogP) is 1.84. The second kappa shape index (κ2) is 4.71. The van der Waals surface area contributed by atoms with Gasteiger partial charge in [0.1, 0.15) is 5.75 Å². The molecule has 0 atom stereocenters. The van der Waals surface area contributed by atoms with Crippen LogP contribution >= 0.6 is 11.8 Å². The van der Waals surface area contributed by atoms with E-state index in [-0.39, 0.29) is 0 Å². The van der Waals surface area contributed by atoms with Crippen LogP contribution in [0.3, 0.4) is 0 Å². The Kier molecular flexibility index (Phi) is 3.32. The van der Waals surface area contributed by atoms with Crippen LogP contribution in [0.2, 0.25) is 0 Å². The molecule has 0 unspecified atom stereocenters. The zero-order valence-electron chi connectivity index (χ0n) is 8.07. The molecule has 2 nitrogen and oxygen atoms in total. The molecule has 1 fully saturated rings. The van der Waals surface area contributed by atoms with E-state index in [2.05, 4.69) is 5.32 Å². The van der Waals surface area contributed by atoms with Gasteiger partial charge in [0.2, 0.25) is 0 Å². The van der Waals surface area contributed by atoms with Gasteiger partial charge in [0, 0.05) is 5.75 Å². The predicted molar refractivity (Wildman–Crippen MR) is 60.6 cm³/mol. The molecule has 0 saturated carbocycles. The average molecular weight is 209 g/mol. The van der Waals surface area contributed by atoms with Crippen molar-refractivity contribution < 1.29 is 5.11 Å². The van der Waals surface area contributed by atoms with E-state index in [0.29, 0.717) is 5.75 Å². The summed E-state index contributed by atoms with van der Waals surface area (Å²) in [6.07, 6.45) is 0. The molecule has 1 aliphatic heterocycles. The molecule has 2 rings (SSSR count). The van der Waals surface area contributed by atoms with Crippen LogP contribution in [0.1, 0.15) is 5.56 Å². The molecule has 0 aromatic heterocycles. The number of phenols is 1. The van der Waals surface area contributed by atoms with Crippen molar-refractivity contribution in [1.29, 1.82) is 0 Å². The molecule has 1 heterocycles. The van der Waals surface area contributed by atoms with Gasteiger partial charge in [-0.1, -0.05) is 12.1 Å². The van der Waals surface area contributed by atoms with Crippen LogP contribution in [0.4, 0.5) is 0 Å². The summed E-state index contributed by atoms with van der Waals surface area (Å²) in [5.41, 5.74) is 1.29. The van der Waals surface area contributed by atoms with Gasteiger partial charge in [-0.25, -0.2) is 0 Å². The first kappa shape index (κ1) is 9.87. The smallest absolute Gasteiger partial charge is 0.115 e. The molecule has 1 saturated heterocycles. The van der Waals surface area contributed by atoms with Crippen molar-refractivity contribution in [2.24, 2.45) is 5.92 Å². The molecular weight excluding hydrogens is 194 g/mol. The Morgan fingerprint density at radius 2 is 2.00 bits per heavy atom. The van der Waals surface area contributed by atoms with Crippen molar-refractivity contribution >= 4 is 11.8 Å². The topological polar surface area (TPSA) is 32.3 Å². The summed E-state index contributed by atoms with van der Waals surface area (Å²) in [6.45, 7) is 2.37. The van der Waals surface area contributed by atoms with Gasteiger partial charge in [-0.2, -0.15) is 11.8 Å². The molecular formula is C11H15NOS. The van der Waals surface area contributed by atoms with E-state index < -0.39 is 0 Å². The van der Waals surface area contributed by atoms with Crippen molar-refractivity contribution in [3.63, 3.8) is 0 Å². The normalized spacial score (nSPS) is 16.6. The molecule has 14 heavy (non-hydrogen) atoms. The lowest BCUT2D eigenvalue weighted by Crippen LogP contribution is -2.43. The third kappa shape index (κ3) is 2.66. The summed E-state index contributed by atoms with van der Waals surface area (Å²) in [4.78, 5) is 0. The molecule has 0 amide bonds. The minimum absolute atomic E-state index is 0.349. The summed E-state index contributed by atoms with van der Waals surface area (Å²) in [5.74, 6) is 3.52. The highest BCUT2D eigenvalue weighted by molar-refractivity contribution is 7.98. The highest BCUT2D eigenvalue weighted by Crippen LogP contribution is 2.19. The van der Waals surface area contributed by atoms with Gasteiger partial charge in [-0.15, -0.1) is 0 Å². The van der Waals surface area contributed by atoms with E-state index in [1.165, 1.54) is 24.4 Å². The first-order chi connectivity index (χ1) is 6.84. The van der Waals surface area contributed by atoms with Gasteiger partial charge in [0.25, 0.3) is 0 Å². The highest BCUT2D eigenvalue weighted by Gasteiger charge is 2.15. The zero-order valence-corrected chi connectivity index (χ0v) is 8.89. The van der Waals surface area contributed by atoms with Gasteiger partial charge in [0.05, 0.1) is 0 Å². The van der Waals surface area contributed by atoms with Crippen LogP contribution in [-0.2, 0) is 5.75 Å². The van der Waals surface area contributed by atoms with Crippen molar-refractivity contribution in [3.05, 3.63) is 29.8 Å². The lowest BCUT2D eigenvalue weighted by molar-refractivity contribution is 0.385. The maximum Gasteiger partial charge on any atom is 0.115 e. The van der Waals surface area contributed by atoms with Crippen LogP contribution < -0.4 is 5.32 Å². The van der Waals surface area contributed by atoms with Gasteiger partial charge in [0.15, 0.2) is 0 Å². The van der Waals surface area contributed by atoms with Gasteiger partial charge in [-0.3, -0.25) is 0 Å². The van der Waals surface area contributed by atoms with Crippen molar-refractivity contribution in [2.45, 2.75) is 5.75 Å². The number of nitrogens with one attached hydrogen (secondary N) is 1. The largest absolute Gasteiger partial charge is 0.508 e. The third-order valence-electron chi connectivity index (χ3n) is 2.42. The Hall–Kier alpha value is -0.670. The Morgan fingerprint density at radius 3 is 2.57 bits per heavy atom. The summed E-state index contributed by atoms with van der Waals surface area (Å²) >= 11 is 1.97. The second-order valence-electron chi connectivity index (χ2n) is 3.71. The van der Waals surface area contributed by atoms with Crippen LogP contribution in [0.15, 0.2) is 24.3 Å². The number of hydrogen-bond donors (Lipinski definition) is 2. The van der Waals surface area contributed by atoms with E-state index >= 15 is 0 Å². The minimum atomic E-state index is 0.349. The van der Waals surface area contributed by atoms with Crippen LogP contribution in [-0.4, -0.2) is 23.9 Å². The quantitative estimate of drug-likeness (QED) is 0.793. The summed E-state index contributed by atoms with van der Waals surface area (Å²) in [6, 6.07) is 7.48. The number of hydrogen-bond acceptors (Lipinski definition) is 3. The van der Waals surface area contributed by atoms with E-state index in [9.17, 15) is 0 Å². The average Bonchev–Trinajstić information content (AvgIpc) is 2.12. The maximum atomic E-state index is 9.10. The summed E-state index contributed by atoms with van der Waals surface area (Å²) in [5, 5.41) is 12.4. The van der Waals surface area contributed by atoms with Crippen LogP contribution in [0, 0.1) is 5.92 Å². The Bertz CT molecular complexity index is 282. The number of rotatable bonds is 4. The number of benzene rings is 1. The maximum absolute atomic E-state index is 9.10. The number of phenolic OH excluding ortho intramolecular Hbond substituents is 1. The summed E-state index contributed by atoms with van der Waals surface area (Å²) in [7, 11) is 0. The molecule has 2 N–H and O–H groups in total. The molecule has 1 aromatic carbocycles. The second-order valence-corrected chi connectivity index (χ2v) is 4.74. The van der Waals surface area contributed by atoms with E-state index in [1.54, 1.807) is 12.1 Å². The fourth-order valence-corrected chi connectivity index (χ4v) is 2.52. The first-order valence-corrected chi connectivity index (χ1v) is 6.06. The van der Waals surface area contributed by atoms with E-state index in [0.717, 1.165) is 11.7 Å². The van der Waals surface area contributed by atoms with Gasteiger partial charge in [-0.05, 0) is 42.5 Å². The third-order valence-corrected chi connectivity index (χ3v) is 3.67. The van der Waals surface area contributed by atoms with E-state index in [4.69, 9.17) is 5.11 Å². The summed E-state index contributed by atoms with van der Waals surface area (Å²) < 4.78 is 0. The van der Waals surface area contributed by atoms with Crippen LogP contribution in [0.25, 0.3) is 0 Å². The number of thioether (sulfide) groups is 1. The molecule has 76 valence electrons. The Labute approximate surface area is 88.7 Å². The highest BCUT2D eigenvalue weighted by atomic mass is 32.2. The SMILES string of the molecule is Oc1ccc(CSCC2CNC2)cc1. The van der Waals surface area contributed by atoms with Crippen molar-refractivity contribution in [3.8, 4) is 5.75 Å². The zero-order chi connectivity index (χ0) is 9.80. The van der Waals surface area contributed by atoms with Gasteiger partial charge < -0.3 is 10.4 Å². The molecule has 0 spiro atoms. The molecule has 1 aromatic rings. The molecule has 3 heteroatoms. The Balaban J connectivity index is 1.71. The molecule has 1 aliphatic rings. The molecule has 0 aliphatic carbocycles. The minimum Gasteiger partial charge on any atom is -0.508 e. The number of aromatic hydroxyl groups is 1. The first-order valence-electron chi connectivity index (χ1n) is 4.91. The van der Waals surface area contributed by atoms with Gasteiger partial charge >= 0.3 is 0 Å². The molecule has 0 bridgehead atoms.